The van der Waals surface area contributed by atoms with E-state index in [-0.39, 0.29) is 24.2 Å². The van der Waals surface area contributed by atoms with Gasteiger partial charge >= 0.3 is 11.9 Å². The first-order chi connectivity index (χ1) is 64.3. The Labute approximate surface area is 801 Å². The SMILES string of the molecule is Br[B]Br.COC(=O)c1ccc(C=O)cc1.COC(=O)c1ccc(CNc2nc3ccc(OCCN4CCOCC4)cc3s2)cc1.COc1ccc2nc(N)sc2c1.Nc1ccccc1NC(=O)c1ccc(CNc2nc3ccc(OCCN4CCOCC4)cc3s2)cc1.Nc1nc2ccc(O)cc2s1.Nc1nc2ccc(OCCN3CCOCC3)cc2s1.OCCN1CCOCC1. The predicted octanol–water partition coefficient (Wildman–Crippen LogP) is 14.8. The number of β-amino-alcohol motifs (C(OH)–C–C–N with tert-alkyl or cyclic N) is 1. The maximum Gasteiger partial charge on any atom is 0.337 e. The lowest BCUT2D eigenvalue weighted by atomic mass is 10.1. The Bertz CT molecular complexity index is 5880. The van der Waals surface area contributed by atoms with Crippen LogP contribution in [0.1, 0.15) is 52.6 Å². The monoisotopic (exact) mass is 2020 g/mol. The van der Waals surface area contributed by atoms with Crippen LogP contribution in [0.3, 0.4) is 0 Å². The minimum atomic E-state index is -0.396. The van der Waals surface area contributed by atoms with Gasteiger partial charge in [0.05, 0.1) is 154 Å². The van der Waals surface area contributed by atoms with E-state index >= 15 is 0 Å². The average Bonchev–Trinajstić information content (AvgIpc) is 1.69. The number of phenolic OH excluding ortho intramolecular Hbond substituents is 1. The van der Waals surface area contributed by atoms with Crippen molar-refractivity contribution in [3.8, 4) is 28.7 Å². The van der Waals surface area contributed by atoms with Gasteiger partial charge in [-0.3, -0.25) is 29.2 Å². The molecule has 4 fully saturated rings. The van der Waals surface area contributed by atoms with Crippen LogP contribution in [0, 0.1) is 0 Å². The third-order valence-electron chi connectivity index (χ3n) is 20.1. The quantitative estimate of drug-likeness (QED) is 0.0105. The van der Waals surface area contributed by atoms with Crippen molar-refractivity contribution in [1.29, 1.82) is 0 Å². The number of fused-ring (bicyclic) bond motifs is 5. The number of aromatic hydroxyl groups is 1. The zero-order chi connectivity index (χ0) is 93.2. The van der Waals surface area contributed by atoms with Gasteiger partial charge < -0.3 is 96.5 Å². The van der Waals surface area contributed by atoms with Crippen molar-refractivity contribution in [3.63, 3.8) is 0 Å². The summed E-state index contributed by atoms with van der Waals surface area (Å²) in [6.07, 6.45) is 0.723. The molecule has 0 spiro atoms. The molecule has 0 bridgehead atoms. The number of carbonyl (C=O) groups is 4. The zero-order valence-electron chi connectivity index (χ0n) is 73.2. The van der Waals surface area contributed by atoms with Gasteiger partial charge in [0.2, 0.25) is 0 Å². The predicted molar refractivity (Wildman–Crippen MR) is 537 cm³/mol. The number of nitrogens with one attached hydrogen (secondary N) is 3. The molecular weight excluding hydrogens is 1920 g/mol. The Kier molecular flexibility index (Phi) is 42.2. The van der Waals surface area contributed by atoms with Gasteiger partial charge in [0, 0.05) is 103 Å². The molecule has 4 aliphatic rings. The van der Waals surface area contributed by atoms with Crippen molar-refractivity contribution >= 4 is 205 Å². The second-order valence-corrected chi connectivity index (χ2v) is 36.5. The van der Waals surface area contributed by atoms with E-state index in [2.05, 4.69) is 96.7 Å². The molecule has 0 saturated carbocycles. The van der Waals surface area contributed by atoms with Crippen molar-refractivity contribution < 1.29 is 76.8 Å². The fourth-order valence-electron chi connectivity index (χ4n) is 13.1. The number of nitrogens with zero attached hydrogens (tertiary/aromatic N) is 9. The molecule has 0 unspecified atom stereocenters. The van der Waals surface area contributed by atoms with Crippen LogP contribution in [0.2, 0.25) is 0 Å². The number of thiazole rings is 5. The third-order valence-corrected chi connectivity index (χ3v) is 24.6. The summed E-state index contributed by atoms with van der Waals surface area (Å²) in [5, 5.41) is 30.6. The summed E-state index contributed by atoms with van der Waals surface area (Å²) < 4.78 is 58.4. The smallest absolute Gasteiger partial charge is 0.337 e. The number of esters is 2. The minimum Gasteiger partial charge on any atom is -0.508 e. The van der Waals surface area contributed by atoms with E-state index in [1.54, 1.807) is 101 Å². The molecule has 4 aliphatic heterocycles. The van der Waals surface area contributed by atoms with Crippen LogP contribution in [-0.4, -0.2) is 263 Å². The highest BCUT2D eigenvalue weighted by Crippen LogP contribution is 2.34. The number of nitrogens with two attached hydrogens (primary N) is 4. The van der Waals surface area contributed by atoms with Crippen molar-refractivity contribution in [3.05, 3.63) is 221 Å². The number of nitrogen functional groups attached to an aromatic ring is 4. The standard InChI is InChI=1S/C27H29N5O3S.C22H25N3O4S.C13H17N3O2S.C9H8O3.C8H8N2OS.C7H6N2OS.C6H13NO2.BBr2/c28-22-3-1-2-4-23(22)30-26(33)20-7-5-19(6-8-20)18-29-27-31-24-10-9-21(17-25(24)36-27)35-16-13-32-11-14-34-15-12-32;1-27-21(26)17-4-2-16(3-5-17)15-23-22-24-19-7-6-18(14-20(19)30-22)29-13-10-25-8-11-28-12-9-25;14-13-15-11-2-1-10(9-12(11)19-13)18-8-5-16-3-6-17-7-4-16;1-12-9(11)8-4-2-7(6-10)3-5-8;1-11-5-2-3-6-7(4-5)12-8(9)10-6;8-7-9-5-2-1-4(10)3-6(5)11-7;8-4-1-7-2-5-9-6-3-7;2-1-3/h1-10,17H,11-16,18,28H2,(H,29,31)(H,30,33);2-7,14H,8-13,15H2,1H3,(H,23,24);1-2,9H,3-8H2,(H2,14,15);2-6H,1H3;2-4H,1H3,(H2,9,10);1-3,10H,(H2,8,9);8H,1-6H2;. The van der Waals surface area contributed by atoms with Crippen LogP contribution < -0.4 is 57.8 Å². The molecule has 0 aliphatic carbocycles. The van der Waals surface area contributed by atoms with Gasteiger partial charge in [-0.2, -0.15) is 0 Å². The Balaban J connectivity index is 0.000000156. The number of benzene rings is 9. The molecule has 9 aromatic carbocycles. The number of halogens is 2. The number of phenols is 1. The van der Waals surface area contributed by atoms with Crippen LogP contribution in [0.4, 0.5) is 37.0 Å². The second-order valence-electron chi connectivity index (χ2n) is 29.1. The summed E-state index contributed by atoms with van der Waals surface area (Å²) in [6, 6.07) is 56.9. The second kappa shape index (κ2) is 54.8. The number of anilines is 7. The van der Waals surface area contributed by atoms with E-state index in [1.807, 2.05) is 121 Å². The Morgan fingerprint density at radius 3 is 1.16 bits per heavy atom. The number of aliphatic hydroxyl groups is 1. The summed E-state index contributed by atoms with van der Waals surface area (Å²) in [5.74, 6) is 2.77. The molecule has 32 nitrogen and oxygen atoms in total. The van der Waals surface area contributed by atoms with E-state index in [0.29, 0.717) is 81.9 Å². The van der Waals surface area contributed by atoms with Crippen LogP contribution in [0.15, 0.2) is 188 Å². The van der Waals surface area contributed by atoms with Crippen LogP contribution in [-0.2, 0) is 41.5 Å². The van der Waals surface area contributed by atoms with Gasteiger partial charge in [0.15, 0.2) is 25.7 Å². The van der Waals surface area contributed by atoms with Crippen LogP contribution >= 0.6 is 88.2 Å². The highest BCUT2D eigenvalue weighted by Gasteiger charge is 2.18. The average molecular weight is 2020 g/mol. The summed E-state index contributed by atoms with van der Waals surface area (Å²) in [4.78, 5) is 77.8. The summed E-state index contributed by atoms with van der Waals surface area (Å²) >= 11 is 13.4. The molecule has 14 aromatic rings. The van der Waals surface area contributed by atoms with Crippen molar-refractivity contribution in [2.24, 2.45) is 0 Å². The molecule has 1 amide bonds. The number of rotatable bonds is 26. The van der Waals surface area contributed by atoms with Gasteiger partial charge in [0.25, 0.3) is 10.8 Å². The summed E-state index contributed by atoms with van der Waals surface area (Å²) in [5.41, 5.74) is 32.6. The Hall–Kier alpha value is -11.0. The van der Waals surface area contributed by atoms with Gasteiger partial charge in [-0.1, -0.05) is 105 Å². The molecule has 5 aromatic heterocycles. The molecule has 13 N–H and O–H groups in total. The van der Waals surface area contributed by atoms with Crippen molar-refractivity contribution in [2.45, 2.75) is 13.1 Å². The van der Waals surface area contributed by atoms with E-state index in [1.165, 1.54) is 48.2 Å². The first-order valence-corrected chi connectivity index (χ1v) is 48.0. The fourth-order valence-corrected chi connectivity index (χ4v) is 17.2. The summed E-state index contributed by atoms with van der Waals surface area (Å²) in [7, 11) is 4.34. The normalized spacial score (nSPS) is 13.8. The molecule has 1 radical (unpaired) electrons. The first kappa shape index (κ1) is 102. The lowest BCUT2D eigenvalue weighted by Gasteiger charge is -2.26. The van der Waals surface area contributed by atoms with E-state index < -0.39 is 5.97 Å². The number of hydrogen-bond acceptors (Lipinski definition) is 36. The van der Waals surface area contributed by atoms with Gasteiger partial charge in [-0.25, -0.2) is 34.5 Å². The topological polar surface area (TPSA) is 419 Å². The molecule has 40 heteroatoms. The molecule has 4 saturated heterocycles. The number of methoxy groups -OCH3 is 3. The third kappa shape index (κ3) is 33.6. The maximum atomic E-state index is 12.5. The fraction of sp³-hybridized carbons (Fsp3) is 0.315. The molecule has 697 valence electrons. The van der Waals surface area contributed by atoms with Gasteiger partial charge in [-0.15, -0.1) is 31.5 Å². The number of carbonyl (C=O) groups excluding carboxylic acids is 4. The van der Waals surface area contributed by atoms with Crippen molar-refractivity contribution in [2.75, 3.05) is 218 Å². The lowest BCUT2D eigenvalue weighted by molar-refractivity contribution is 0.0306. The molecule has 18 rings (SSSR count). The number of aliphatic hydroxyl groups excluding tert-OH is 1. The number of aldehydes is 1. The Morgan fingerprint density at radius 1 is 0.439 bits per heavy atom. The molecule has 0 atom stereocenters. The number of amides is 1. The van der Waals surface area contributed by atoms with E-state index in [4.69, 9.17) is 75.8 Å². The van der Waals surface area contributed by atoms with Gasteiger partial charge in [-0.05, 0) is 151 Å². The largest absolute Gasteiger partial charge is 0.508 e. The highest BCUT2D eigenvalue weighted by atomic mass is 79.9. The zero-order valence-corrected chi connectivity index (χ0v) is 80.4. The number of ether oxygens (including phenoxy) is 10. The highest BCUT2D eigenvalue weighted by molar-refractivity contribution is 9.47. The van der Waals surface area contributed by atoms with Crippen molar-refractivity contribution in [1.82, 2.24) is 44.5 Å². The van der Waals surface area contributed by atoms with Crippen LogP contribution in [0.5, 0.6) is 28.7 Å². The lowest BCUT2D eigenvalue weighted by Crippen LogP contribution is -2.38. The first-order valence-electron chi connectivity index (χ1n) is 42.1. The van der Waals surface area contributed by atoms with E-state index in [0.717, 1.165) is 233 Å². The molecule has 9 heterocycles. The Morgan fingerprint density at radius 2 is 0.780 bits per heavy atom. The summed E-state index contributed by atoms with van der Waals surface area (Å²) in [6.45, 7) is 21.3. The minimum absolute atomic E-state index is 0.193. The van der Waals surface area contributed by atoms with Crippen LogP contribution in [0.25, 0.3) is 51.1 Å². The number of morpholine rings is 4. The van der Waals surface area contributed by atoms with Gasteiger partial charge in [0.1, 0.15) is 54.9 Å². The number of para-hydroxylation sites is 2. The molecule has 132 heavy (non-hydrogen) atoms. The number of hydrogen-bond donors (Lipinski definition) is 9. The maximum absolute atomic E-state index is 12.5. The van der Waals surface area contributed by atoms with E-state index in [9.17, 15) is 19.2 Å². The number of aromatic nitrogens is 5. The molecular formula is C92H106BBr2N16O16S5.